The van der Waals surface area contributed by atoms with Crippen molar-refractivity contribution in [3.8, 4) is 5.88 Å². The van der Waals surface area contributed by atoms with Crippen molar-refractivity contribution in [2.24, 2.45) is 0 Å². The molecular weight excluding hydrogens is 626 g/mol. The highest BCUT2D eigenvalue weighted by atomic mass is 127. The van der Waals surface area contributed by atoms with Crippen molar-refractivity contribution < 1.29 is 9.53 Å². The minimum atomic E-state index is 0.155. The van der Waals surface area contributed by atoms with E-state index in [-0.39, 0.29) is 17.9 Å². The third-order valence-corrected chi connectivity index (χ3v) is 8.68. The molecule has 1 atom stereocenters. The first kappa shape index (κ1) is 22.9. The van der Waals surface area contributed by atoms with Gasteiger partial charge in [-0.3, -0.25) is 4.79 Å². The second kappa shape index (κ2) is 10.1. The molecule has 9 heteroatoms. The van der Waals surface area contributed by atoms with Gasteiger partial charge in [0.15, 0.2) is 0 Å². The van der Waals surface area contributed by atoms with Crippen LogP contribution < -0.4 is 4.74 Å². The largest absolute Gasteiger partial charge is 0.474 e. The van der Waals surface area contributed by atoms with E-state index >= 15 is 0 Å². The van der Waals surface area contributed by atoms with Crippen LogP contribution in [0.4, 0.5) is 0 Å². The maximum Gasteiger partial charge on any atom is 0.240 e. The Balaban J connectivity index is 1.51. The number of carbonyl (C=O) groups excluding carboxylic acids is 1. The molecule has 0 spiro atoms. The van der Waals surface area contributed by atoms with Gasteiger partial charge < -0.3 is 9.64 Å². The maximum absolute atomic E-state index is 12.3. The number of aromatic nitrogens is 2. The summed E-state index contributed by atoms with van der Waals surface area (Å²) in [6, 6.07) is 0.667. The number of hydrogen-bond acceptors (Lipinski definition) is 6. The zero-order valence-corrected chi connectivity index (χ0v) is 22.6. The molecule has 0 unspecified atom stereocenters. The lowest BCUT2D eigenvalue weighted by atomic mass is 9.92. The summed E-state index contributed by atoms with van der Waals surface area (Å²) in [5, 5.41) is 1.06. The first-order valence-electron chi connectivity index (χ1n) is 10.8. The number of hydrogen-bond donors (Lipinski definition) is 0. The van der Waals surface area contributed by atoms with Crippen LogP contribution in [-0.4, -0.2) is 47.8 Å². The van der Waals surface area contributed by atoms with E-state index in [1.165, 1.54) is 29.7 Å². The molecule has 164 valence electrons. The minimum absolute atomic E-state index is 0.155. The Morgan fingerprint density at radius 1 is 1.23 bits per heavy atom. The molecule has 0 saturated heterocycles. The van der Waals surface area contributed by atoms with Crippen LogP contribution in [0.2, 0.25) is 0 Å². The highest BCUT2D eigenvalue weighted by Gasteiger charge is 2.33. The van der Waals surface area contributed by atoms with E-state index in [9.17, 15) is 4.79 Å². The highest BCUT2D eigenvalue weighted by molar-refractivity contribution is 14.2. The fourth-order valence-corrected chi connectivity index (χ4v) is 6.54. The Kier molecular flexibility index (Phi) is 7.72. The van der Waals surface area contributed by atoms with Crippen LogP contribution in [0.5, 0.6) is 5.88 Å². The first-order chi connectivity index (χ1) is 14.5. The molecule has 2 aromatic rings. The predicted octanol–water partition coefficient (Wildman–Crippen LogP) is 5.67. The smallest absolute Gasteiger partial charge is 0.240 e. The number of rotatable bonds is 7. The van der Waals surface area contributed by atoms with E-state index in [2.05, 4.69) is 28.8 Å². The van der Waals surface area contributed by atoms with Crippen molar-refractivity contribution >= 4 is 73.2 Å². The van der Waals surface area contributed by atoms with E-state index < -0.39 is 0 Å². The summed E-state index contributed by atoms with van der Waals surface area (Å²) in [4.78, 5) is 26.3. The van der Waals surface area contributed by atoms with Crippen molar-refractivity contribution in [3.05, 3.63) is 16.8 Å². The molecule has 30 heavy (non-hydrogen) atoms. The molecule has 0 aliphatic heterocycles. The summed E-state index contributed by atoms with van der Waals surface area (Å²) in [5.74, 6) is 1.12. The van der Waals surface area contributed by atoms with Crippen LogP contribution in [0.15, 0.2) is 6.33 Å². The third-order valence-electron chi connectivity index (χ3n) is 6.43. The number of thiophene rings is 1. The van der Waals surface area contributed by atoms with Gasteiger partial charge in [0, 0.05) is 17.3 Å². The molecular formula is C21H28I2N4O2S. The monoisotopic (exact) mass is 654 g/mol. The quantitative estimate of drug-likeness (QED) is 0.285. The lowest BCUT2D eigenvalue weighted by Gasteiger charge is -2.34. The van der Waals surface area contributed by atoms with Gasteiger partial charge >= 0.3 is 0 Å². The van der Waals surface area contributed by atoms with Crippen LogP contribution in [0, 0.1) is 0 Å². The Morgan fingerprint density at radius 3 is 2.70 bits per heavy atom. The van der Waals surface area contributed by atoms with Gasteiger partial charge in [0.05, 0.1) is 51.1 Å². The molecule has 2 aromatic heterocycles. The zero-order chi connectivity index (χ0) is 21.3. The van der Waals surface area contributed by atoms with Gasteiger partial charge in [0.2, 0.25) is 11.8 Å². The second-order valence-electron chi connectivity index (χ2n) is 8.39. The Bertz CT molecular complexity index is 899. The van der Waals surface area contributed by atoms with Crippen LogP contribution in [-0.2, 0) is 11.2 Å². The molecule has 0 aromatic carbocycles. The van der Waals surface area contributed by atoms with Gasteiger partial charge in [0.25, 0.3) is 0 Å². The van der Waals surface area contributed by atoms with Gasteiger partial charge in [-0.1, -0.05) is 6.92 Å². The second-order valence-corrected chi connectivity index (χ2v) is 13.3. The van der Waals surface area contributed by atoms with Crippen molar-refractivity contribution in [1.82, 2.24) is 16.2 Å². The molecule has 4 rings (SSSR count). The molecule has 0 bridgehead atoms. The number of halogens is 2. The standard InChI is InChI=1S/C21H28I2N4O2S/c1-3-10-26(2)14-5-7-15(8-6-14)29-20-19-18-13(11-17(28)27(22)23)4-9-16(18)30-21(19)25-12-24-20/h12-15H,3-11H2,1-2H3/t13-,14?,15?/m1/s1. The maximum atomic E-state index is 12.3. The normalized spacial score (nSPS) is 23.7. The topological polar surface area (TPSA) is 58.6 Å². The summed E-state index contributed by atoms with van der Waals surface area (Å²) in [6.45, 7) is 3.40. The number of amides is 1. The summed E-state index contributed by atoms with van der Waals surface area (Å²) < 4.78 is 8.11. The van der Waals surface area contributed by atoms with E-state index in [0.717, 1.165) is 48.3 Å². The molecule has 2 heterocycles. The number of ether oxygens (including phenoxy) is 1. The van der Waals surface area contributed by atoms with Crippen molar-refractivity contribution in [2.75, 3.05) is 13.6 Å². The van der Waals surface area contributed by atoms with Gasteiger partial charge in [-0.05, 0) is 70.0 Å². The third kappa shape index (κ3) is 4.88. The lowest BCUT2D eigenvalue weighted by molar-refractivity contribution is -0.121. The molecule has 0 radical (unpaired) electrons. The van der Waals surface area contributed by atoms with E-state index in [1.54, 1.807) is 19.0 Å². The van der Waals surface area contributed by atoms with E-state index in [4.69, 9.17) is 4.74 Å². The first-order valence-corrected chi connectivity index (χ1v) is 13.5. The van der Waals surface area contributed by atoms with Gasteiger partial charge in [-0.2, -0.15) is 0 Å². The van der Waals surface area contributed by atoms with Crippen molar-refractivity contribution in [1.29, 1.82) is 0 Å². The molecule has 1 fully saturated rings. The summed E-state index contributed by atoms with van der Waals surface area (Å²) in [5.41, 5.74) is 1.27. The summed E-state index contributed by atoms with van der Waals surface area (Å²) in [7, 11) is 2.24. The minimum Gasteiger partial charge on any atom is -0.474 e. The molecule has 6 nitrogen and oxygen atoms in total. The number of fused-ring (bicyclic) bond motifs is 3. The Labute approximate surface area is 210 Å². The zero-order valence-electron chi connectivity index (χ0n) is 17.4. The van der Waals surface area contributed by atoms with Gasteiger partial charge in [-0.25, -0.2) is 11.3 Å². The summed E-state index contributed by atoms with van der Waals surface area (Å²) >= 11 is 5.84. The molecule has 1 amide bonds. The Morgan fingerprint density at radius 2 is 2.00 bits per heavy atom. The highest BCUT2D eigenvalue weighted by Crippen LogP contribution is 2.47. The fraction of sp³-hybridized carbons (Fsp3) is 0.667. The fourth-order valence-electron chi connectivity index (χ4n) is 4.91. The summed E-state index contributed by atoms with van der Waals surface area (Å²) in [6.07, 6.45) is 10.1. The Hall–Kier alpha value is -0.270. The molecule has 2 aliphatic carbocycles. The van der Waals surface area contributed by atoms with Crippen LogP contribution >= 0.6 is 57.1 Å². The number of carbonyl (C=O) groups is 1. The van der Waals surface area contributed by atoms with E-state index in [1.807, 2.05) is 45.7 Å². The molecule has 1 saturated carbocycles. The van der Waals surface area contributed by atoms with Crippen LogP contribution in [0.1, 0.15) is 68.2 Å². The average Bonchev–Trinajstić information content (AvgIpc) is 3.28. The number of nitrogens with zero attached hydrogens (tertiary/aromatic N) is 4. The lowest BCUT2D eigenvalue weighted by Crippen LogP contribution is -2.38. The SMILES string of the molecule is CCCN(C)C1CCC(Oc2ncnc3sc4c(c23)[C@@H](CC(=O)N(I)I)CC4)CC1. The molecule has 0 N–H and O–H groups in total. The van der Waals surface area contributed by atoms with E-state index in [0.29, 0.717) is 12.5 Å². The van der Waals surface area contributed by atoms with Gasteiger partial charge in [0.1, 0.15) is 17.3 Å². The number of aryl methyl sites for hydroxylation is 1. The van der Waals surface area contributed by atoms with Crippen LogP contribution in [0.3, 0.4) is 0 Å². The van der Waals surface area contributed by atoms with Crippen molar-refractivity contribution in [2.45, 2.75) is 76.4 Å². The van der Waals surface area contributed by atoms with Gasteiger partial charge in [-0.15, -0.1) is 11.3 Å². The molecule has 2 aliphatic rings. The average molecular weight is 654 g/mol. The van der Waals surface area contributed by atoms with Crippen molar-refractivity contribution in [3.63, 3.8) is 0 Å². The predicted molar refractivity (Wildman–Crippen MR) is 138 cm³/mol. The van der Waals surface area contributed by atoms with Crippen LogP contribution in [0.25, 0.3) is 10.2 Å².